The lowest BCUT2D eigenvalue weighted by molar-refractivity contribution is -0.118. The van der Waals surface area contributed by atoms with Crippen LogP contribution in [0.25, 0.3) is 0 Å². The van der Waals surface area contributed by atoms with Gasteiger partial charge in [-0.2, -0.15) is 0 Å². The SMILES string of the molecule is COc1cc(CNn2cnnc2)ccc1OCC(=O)Nc1ccc(C)cc1. The van der Waals surface area contributed by atoms with Gasteiger partial charge in [-0.25, -0.2) is 4.68 Å². The minimum atomic E-state index is -0.237. The van der Waals surface area contributed by atoms with Gasteiger partial charge in [0.1, 0.15) is 12.7 Å². The maximum Gasteiger partial charge on any atom is 0.262 e. The average molecular weight is 367 g/mol. The lowest BCUT2D eigenvalue weighted by atomic mass is 10.2. The first kappa shape index (κ1) is 18.2. The highest BCUT2D eigenvalue weighted by atomic mass is 16.5. The Kier molecular flexibility index (Phi) is 5.88. The summed E-state index contributed by atoms with van der Waals surface area (Å²) in [5.74, 6) is 0.824. The Bertz CT molecular complexity index is 879. The van der Waals surface area contributed by atoms with Gasteiger partial charge in [0.2, 0.25) is 0 Å². The molecule has 0 saturated carbocycles. The average Bonchev–Trinajstić information content (AvgIpc) is 3.20. The second-order valence-corrected chi connectivity index (χ2v) is 5.89. The van der Waals surface area contributed by atoms with E-state index < -0.39 is 0 Å². The van der Waals surface area contributed by atoms with E-state index in [1.54, 1.807) is 30.5 Å². The van der Waals surface area contributed by atoms with Crippen molar-refractivity contribution in [2.45, 2.75) is 13.5 Å². The van der Waals surface area contributed by atoms with Gasteiger partial charge in [0.15, 0.2) is 18.1 Å². The number of hydrogen-bond acceptors (Lipinski definition) is 6. The lowest BCUT2D eigenvalue weighted by Gasteiger charge is -2.13. The van der Waals surface area contributed by atoms with Crippen molar-refractivity contribution >= 4 is 11.6 Å². The Hall–Kier alpha value is -3.55. The summed E-state index contributed by atoms with van der Waals surface area (Å²) in [4.78, 5) is 12.1. The van der Waals surface area contributed by atoms with Gasteiger partial charge in [0.05, 0.1) is 13.7 Å². The molecule has 0 fully saturated rings. The summed E-state index contributed by atoms with van der Waals surface area (Å²) in [6.45, 7) is 2.44. The van der Waals surface area contributed by atoms with Crippen molar-refractivity contribution in [3.05, 3.63) is 66.2 Å². The van der Waals surface area contributed by atoms with E-state index in [0.717, 1.165) is 16.8 Å². The number of carbonyl (C=O) groups is 1. The van der Waals surface area contributed by atoms with Crippen LogP contribution < -0.4 is 20.2 Å². The van der Waals surface area contributed by atoms with Gasteiger partial charge in [-0.05, 0) is 36.8 Å². The van der Waals surface area contributed by atoms with E-state index in [9.17, 15) is 4.79 Å². The Balaban J connectivity index is 1.55. The number of rotatable bonds is 8. The highest BCUT2D eigenvalue weighted by Gasteiger charge is 2.09. The summed E-state index contributed by atoms with van der Waals surface area (Å²) in [6.07, 6.45) is 3.14. The topological polar surface area (TPSA) is 90.3 Å². The molecule has 0 bridgehead atoms. The number of aryl methyl sites for hydroxylation is 1. The summed E-state index contributed by atoms with van der Waals surface area (Å²) in [6, 6.07) is 13.1. The van der Waals surface area contributed by atoms with Crippen LogP contribution in [0.15, 0.2) is 55.1 Å². The quantitative estimate of drug-likeness (QED) is 0.635. The first-order chi connectivity index (χ1) is 13.1. The largest absolute Gasteiger partial charge is 0.493 e. The van der Waals surface area contributed by atoms with Crippen LogP contribution in [-0.2, 0) is 11.3 Å². The summed E-state index contributed by atoms with van der Waals surface area (Å²) >= 11 is 0. The molecule has 0 unspecified atom stereocenters. The summed E-state index contributed by atoms with van der Waals surface area (Å²) in [5, 5.41) is 10.2. The van der Waals surface area contributed by atoms with E-state index in [0.29, 0.717) is 18.0 Å². The predicted octanol–water partition coefficient (Wildman–Crippen LogP) is 2.36. The van der Waals surface area contributed by atoms with Crippen molar-refractivity contribution in [2.75, 3.05) is 24.5 Å². The van der Waals surface area contributed by atoms with Crippen molar-refractivity contribution in [3.8, 4) is 11.5 Å². The molecule has 0 saturated heterocycles. The first-order valence-corrected chi connectivity index (χ1v) is 8.39. The molecule has 8 nitrogen and oxygen atoms in total. The van der Waals surface area contributed by atoms with Crippen LogP contribution in [0.1, 0.15) is 11.1 Å². The number of methoxy groups -OCH3 is 1. The third-order valence-electron chi connectivity index (χ3n) is 3.81. The molecule has 0 atom stereocenters. The molecule has 27 heavy (non-hydrogen) atoms. The van der Waals surface area contributed by atoms with Crippen LogP contribution >= 0.6 is 0 Å². The highest BCUT2D eigenvalue weighted by molar-refractivity contribution is 5.91. The van der Waals surface area contributed by atoms with Gasteiger partial charge in [-0.1, -0.05) is 23.8 Å². The molecule has 0 radical (unpaired) electrons. The number of benzene rings is 2. The zero-order chi connectivity index (χ0) is 19.1. The molecule has 1 amide bonds. The second-order valence-electron chi connectivity index (χ2n) is 5.89. The molecule has 3 rings (SSSR count). The summed E-state index contributed by atoms with van der Waals surface area (Å²) in [7, 11) is 1.56. The Morgan fingerprint density at radius 3 is 2.52 bits per heavy atom. The molecule has 2 aromatic carbocycles. The zero-order valence-corrected chi connectivity index (χ0v) is 15.2. The Morgan fingerprint density at radius 2 is 1.81 bits per heavy atom. The second kappa shape index (κ2) is 8.70. The monoisotopic (exact) mass is 367 g/mol. The molecule has 0 aliphatic rings. The predicted molar refractivity (Wildman–Crippen MR) is 101 cm³/mol. The minimum Gasteiger partial charge on any atom is -0.493 e. The number of hydrogen-bond donors (Lipinski definition) is 2. The lowest BCUT2D eigenvalue weighted by Crippen LogP contribution is -2.20. The third-order valence-corrected chi connectivity index (χ3v) is 3.81. The highest BCUT2D eigenvalue weighted by Crippen LogP contribution is 2.28. The summed E-state index contributed by atoms with van der Waals surface area (Å²) < 4.78 is 12.6. The molecule has 8 heteroatoms. The van der Waals surface area contributed by atoms with Gasteiger partial charge in [-0.15, -0.1) is 10.2 Å². The van der Waals surface area contributed by atoms with Crippen LogP contribution in [0.5, 0.6) is 11.5 Å². The smallest absolute Gasteiger partial charge is 0.262 e. The molecular formula is C19H21N5O3. The number of aromatic nitrogens is 3. The molecule has 3 aromatic rings. The standard InChI is InChI=1S/C19H21N5O3/c1-14-3-6-16(7-4-14)23-19(25)11-27-17-8-5-15(9-18(17)26-2)10-22-24-12-20-21-13-24/h3-9,12-13,22H,10-11H2,1-2H3,(H,23,25). The molecular weight excluding hydrogens is 346 g/mol. The van der Waals surface area contributed by atoms with E-state index in [-0.39, 0.29) is 12.5 Å². The van der Waals surface area contributed by atoms with E-state index >= 15 is 0 Å². The molecule has 0 aliphatic heterocycles. The first-order valence-electron chi connectivity index (χ1n) is 8.39. The number of anilines is 1. The van der Waals surface area contributed by atoms with Crippen molar-refractivity contribution in [2.24, 2.45) is 0 Å². The van der Waals surface area contributed by atoms with Gasteiger partial charge >= 0.3 is 0 Å². The van der Waals surface area contributed by atoms with Gasteiger partial charge in [-0.3, -0.25) is 4.79 Å². The molecule has 140 valence electrons. The summed E-state index contributed by atoms with van der Waals surface area (Å²) in [5.41, 5.74) is 5.97. The van der Waals surface area contributed by atoms with E-state index in [1.165, 1.54) is 0 Å². The maximum absolute atomic E-state index is 12.1. The fraction of sp³-hybridized carbons (Fsp3) is 0.211. The van der Waals surface area contributed by atoms with Crippen LogP contribution in [0, 0.1) is 6.92 Å². The fourth-order valence-corrected chi connectivity index (χ4v) is 2.38. The molecule has 0 spiro atoms. The van der Waals surface area contributed by atoms with Crippen LogP contribution in [0.4, 0.5) is 5.69 Å². The number of amides is 1. The fourth-order valence-electron chi connectivity index (χ4n) is 2.38. The molecule has 0 aliphatic carbocycles. The van der Waals surface area contributed by atoms with Gasteiger partial charge in [0, 0.05) is 5.69 Å². The van der Waals surface area contributed by atoms with Crippen LogP contribution in [0.3, 0.4) is 0 Å². The van der Waals surface area contributed by atoms with Crippen molar-refractivity contribution in [3.63, 3.8) is 0 Å². The third kappa shape index (κ3) is 5.21. The van der Waals surface area contributed by atoms with Crippen molar-refractivity contribution in [1.29, 1.82) is 0 Å². The Morgan fingerprint density at radius 1 is 1.07 bits per heavy atom. The molecule has 1 aromatic heterocycles. The van der Waals surface area contributed by atoms with E-state index in [1.807, 2.05) is 43.3 Å². The number of nitrogens with one attached hydrogen (secondary N) is 2. The van der Waals surface area contributed by atoms with E-state index in [4.69, 9.17) is 9.47 Å². The zero-order valence-electron chi connectivity index (χ0n) is 15.2. The van der Waals surface area contributed by atoms with Crippen molar-refractivity contribution in [1.82, 2.24) is 14.9 Å². The number of nitrogens with zero attached hydrogens (tertiary/aromatic N) is 3. The number of ether oxygens (including phenoxy) is 2. The normalized spacial score (nSPS) is 10.3. The Labute approximate surface area is 157 Å². The van der Waals surface area contributed by atoms with Gasteiger partial charge in [0.25, 0.3) is 5.91 Å². The van der Waals surface area contributed by atoms with Crippen LogP contribution in [-0.4, -0.2) is 34.5 Å². The van der Waals surface area contributed by atoms with Crippen molar-refractivity contribution < 1.29 is 14.3 Å². The van der Waals surface area contributed by atoms with Crippen LogP contribution in [0.2, 0.25) is 0 Å². The minimum absolute atomic E-state index is 0.109. The molecule has 1 heterocycles. The van der Waals surface area contributed by atoms with E-state index in [2.05, 4.69) is 20.9 Å². The number of carbonyl (C=O) groups excluding carboxylic acids is 1. The maximum atomic E-state index is 12.1. The molecule has 2 N–H and O–H groups in total. The van der Waals surface area contributed by atoms with Gasteiger partial charge < -0.3 is 20.2 Å².